The maximum Gasteiger partial charge on any atom is 0.191 e. The summed E-state index contributed by atoms with van der Waals surface area (Å²) in [6, 6.07) is 4.30. The minimum atomic E-state index is 0.124. The van der Waals surface area contributed by atoms with Gasteiger partial charge in [-0.1, -0.05) is 20.8 Å². The molecule has 2 heterocycles. The second kappa shape index (κ2) is 7.93. The molecule has 0 atom stereocenters. The summed E-state index contributed by atoms with van der Waals surface area (Å²) in [4.78, 5) is 11.6. The summed E-state index contributed by atoms with van der Waals surface area (Å²) in [6.07, 6.45) is 0.916. The summed E-state index contributed by atoms with van der Waals surface area (Å²) in [5, 5.41) is 10.0. The van der Waals surface area contributed by atoms with Crippen LogP contribution >= 0.6 is 22.7 Å². The van der Waals surface area contributed by atoms with E-state index in [2.05, 4.69) is 60.8 Å². The Hall–Kier alpha value is -1.40. The number of guanidine groups is 1. The summed E-state index contributed by atoms with van der Waals surface area (Å²) in [5.41, 5.74) is 1.30. The fourth-order valence-corrected chi connectivity index (χ4v) is 3.88. The molecule has 2 aromatic heterocycles. The number of nitrogens with one attached hydrogen (secondary N) is 2. The first-order valence-corrected chi connectivity index (χ1v) is 9.53. The highest BCUT2D eigenvalue weighted by Crippen LogP contribution is 2.23. The molecule has 0 radical (unpaired) electrons. The molecule has 0 saturated heterocycles. The molecule has 126 valence electrons. The highest BCUT2D eigenvalue weighted by atomic mass is 32.1. The van der Waals surface area contributed by atoms with Crippen LogP contribution in [-0.4, -0.2) is 24.5 Å². The predicted octanol–water partition coefficient (Wildman–Crippen LogP) is 3.72. The van der Waals surface area contributed by atoms with Gasteiger partial charge in [-0.3, -0.25) is 4.99 Å². The van der Waals surface area contributed by atoms with Crippen LogP contribution in [0.2, 0.25) is 0 Å². The summed E-state index contributed by atoms with van der Waals surface area (Å²) >= 11 is 3.55. The van der Waals surface area contributed by atoms with E-state index in [0.717, 1.165) is 25.5 Å². The smallest absolute Gasteiger partial charge is 0.191 e. The van der Waals surface area contributed by atoms with Crippen LogP contribution in [0.15, 0.2) is 22.5 Å². The lowest BCUT2D eigenvalue weighted by Gasteiger charge is -2.14. The van der Waals surface area contributed by atoms with Gasteiger partial charge < -0.3 is 10.6 Å². The van der Waals surface area contributed by atoms with Gasteiger partial charge in [0.05, 0.1) is 17.2 Å². The third kappa shape index (κ3) is 5.62. The summed E-state index contributed by atoms with van der Waals surface area (Å²) in [6.45, 7) is 10.4. The fraction of sp³-hybridized carbons (Fsp3) is 0.529. The third-order valence-electron chi connectivity index (χ3n) is 3.40. The Morgan fingerprint density at radius 1 is 1.26 bits per heavy atom. The Bertz CT molecular complexity index is 650. The van der Waals surface area contributed by atoms with Gasteiger partial charge in [-0.25, -0.2) is 4.98 Å². The second-order valence-corrected chi connectivity index (χ2v) is 8.81. The monoisotopic (exact) mass is 350 g/mol. The van der Waals surface area contributed by atoms with Gasteiger partial charge in [-0.2, -0.15) is 0 Å². The lowest BCUT2D eigenvalue weighted by Crippen LogP contribution is -2.37. The van der Waals surface area contributed by atoms with E-state index < -0.39 is 0 Å². The lowest BCUT2D eigenvalue weighted by atomic mass is 9.93. The fourth-order valence-electron chi connectivity index (χ4n) is 2.03. The van der Waals surface area contributed by atoms with Gasteiger partial charge in [0.2, 0.25) is 0 Å². The molecule has 0 fully saturated rings. The topological polar surface area (TPSA) is 49.3 Å². The quantitative estimate of drug-likeness (QED) is 0.638. The SMILES string of the molecule is CN=C(NCCc1nc(C(C)(C)C)cs1)NCc1ccc(C)s1. The van der Waals surface area contributed by atoms with Crippen molar-refractivity contribution in [3.05, 3.63) is 38.0 Å². The third-order valence-corrected chi connectivity index (χ3v) is 5.31. The Morgan fingerprint density at radius 3 is 2.61 bits per heavy atom. The second-order valence-electron chi connectivity index (χ2n) is 6.49. The van der Waals surface area contributed by atoms with Gasteiger partial charge in [0.15, 0.2) is 5.96 Å². The minimum absolute atomic E-state index is 0.124. The molecule has 0 saturated carbocycles. The minimum Gasteiger partial charge on any atom is -0.356 e. The molecule has 0 aromatic carbocycles. The normalized spacial score (nSPS) is 12.5. The van der Waals surface area contributed by atoms with Gasteiger partial charge in [-0.05, 0) is 19.1 Å². The molecule has 0 spiro atoms. The first-order chi connectivity index (χ1) is 10.9. The van der Waals surface area contributed by atoms with Crippen LogP contribution in [0.4, 0.5) is 0 Å². The predicted molar refractivity (Wildman–Crippen MR) is 102 cm³/mol. The molecule has 6 heteroatoms. The number of nitrogens with zero attached hydrogens (tertiary/aromatic N) is 2. The van der Waals surface area contributed by atoms with E-state index in [1.807, 2.05) is 11.3 Å². The number of aliphatic imine (C=N–C) groups is 1. The molecular formula is C17H26N4S2. The van der Waals surface area contributed by atoms with Crippen LogP contribution in [0.25, 0.3) is 0 Å². The van der Waals surface area contributed by atoms with Gasteiger partial charge in [0.1, 0.15) is 0 Å². The number of thiazole rings is 1. The summed E-state index contributed by atoms with van der Waals surface area (Å²) < 4.78 is 0. The molecule has 0 unspecified atom stereocenters. The zero-order valence-electron chi connectivity index (χ0n) is 14.6. The Labute approximate surface area is 147 Å². The van der Waals surface area contributed by atoms with E-state index in [1.165, 1.54) is 20.5 Å². The van der Waals surface area contributed by atoms with Crippen LogP contribution in [0.3, 0.4) is 0 Å². The zero-order chi connectivity index (χ0) is 16.9. The van der Waals surface area contributed by atoms with E-state index in [-0.39, 0.29) is 5.41 Å². The van der Waals surface area contributed by atoms with Gasteiger partial charge in [0.25, 0.3) is 0 Å². The van der Waals surface area contributed by atoms with Crippen molar-refractivity contribution in [2.45, 2.75) is 46.1 Å². The standard InChI is InChI=1S/C17H26N4S2/c1-12-6-7-13(23-12)10-20-16(18-5)19-9-8-15-21-14(11-22-15)17(2,3)4/h6-7,11H,8-10H2,1-5H3,(H2,18,19,20). The van der Waals surface area contributed by atoms with Crippen molar-refractivity contribution < 1.29 is 0 Å². The van der Waals surface area contributed by atoms with Gasteiger partial charge in [-0.15, -0.1) is 22.7 Å². The first-order valence-electron chi connectivity index (χ1n) is 7.83. The molecule has 0 amide bonds. The van der Waals surface area contributed by atoms with Crippen LogP contribution < -0.4 is 10.6 Å². The average molecular weight is 351 g/mol. The van der Waals surface area contributed by atoms with Crippen LogP contribution in [0, 0.1) is 6.92 Å². The largest absolute Gasteiger partial charge is 0.356 e. The Morgan fingerprint density at radius 2 is 2.04 bits per heavy atom. The number of hydrogen-bond donors (Lipinski definition) is 2. The highest BCUT2D eigenvalue weighted by Gasteiger charge is 2.17. The van der Waals surface area contributed by atoms with Crippen molar-refractivity contribution in [2.24, 2.45) is 4.99 Å². The molecule has 2 N–H and O–H groups in total. The zero-order valence-corrected chi connectivity index (χ0v) is 16.2. The van der Waals surface area contributed by atoms with Gasteiger partial charge in [0, 0.05) is 40.6 Å². The molecular weight excluding hydrogens is 324 g/mol. The summed E-state index contributed by atoms with van der Waals surface area (Å²) in [5.74, 6) is 0.837. The molecule has 23 heavy (non-hydrogen) atoms. The molecule has 0 bridgehead atoms. The van der Waals surface area contributed by atoms with Crippen molar-refractivity contribution in [1.82, 2.24) is 15.6 Å². The number of hydrogen-bond acceptors (Lipinski definition) is 4. The molecule has 0 aliphatic rings. The highest BCUT2D eigenvalue weighted by molar-refractivity contribution is 7.11. The number of aromatic nitrogens is 1. The van der Waals surface area contributed by atoms with Crippen LogP contribution in [0.5, 0.6) is 0 Å². The molecule has 0 aliphatic carbocycles. The van der Waals surface area contributed by atoms with Crippen molar-refractivity contribution in [3.8, 4) is 0 Å². The first kappa shape index (κ1) is 17.9. The maximum absolute atomic E-state index is 4.72. The van der Waals surface area contributed by atoms with Crippen molar-refractivity contribution in [1.29, 1.82) is 0 Å². The van der Waals surface area contributed by atoms with Crippen molar-refractivity contribution in [3.63, 3.8) is 0 Å². The Kier molecular flexibility index (Phi) is 6.18. The van der Waals surface area contributed by atoms with Gasteiger partial charge >= 0.3 is 0 Å². The summed E-state index contributed by atoms with van der Waals surface area (Å²) in [7, 11) is 1.80. The van der Waals surface area contributed by atoms with Crippen molar-refractivity contribution in [2.75, 3.05) is 13.6 Å². The molecule has 0 aliphatic heterocycles. The molecule has 4 nitrogen and oxygen atoms in total. The van der Waals surface area contributed by atoms with Crippen LogP contribution in [-0.2, 0) is 18.4 Å². The lowest BCUT2D eigenvalue weighted by molar-refractivity contribution is 0.570. The van der Waals surface area contributed by atoms with E-state index in [4.69, 9.17) is 4.98 Å². The Balaban J connectivity index is 1.76. The number of thiophene rings is 1. The maximum atomic E-state index is 4.72. The van der Waals surface area contributed by atoms with E-state index in [9.17, 15) is 0 Å². The van der Waals surface area contributed by atoms with Crippen molar-refractivity contribution >= 4 is 28.6 Å². The number of aryl methyl sites for hydroxylation is 1. The molecule has 2 rings (SSSR count). The average Bonchev–Trinajstić information content (AvgIpc) is 3.11. The van der Waals surface area contributed by atoms with E-state index in [0.29, 0.717) is 0 Å². The number of rotatable bonds is 5. The van der Waals surface area contributed by atoms with E-state index in [1.54, 1.807) is 18.4 Å². The molecule has 2 aromatic rings. The van der Waals surface area contributed by atoms with Crippen LogP contribution in [0.1, 0.15) is 41.2 Å². The van der Waals surface area contributed by atoms with E-state index >= 15 is 0 Å².